The predicted octanol–water partition coefficient (Wildman–Crippen LogP) is 7.85. The fourth-order valence-corrected chi connectivity index (χ4v) is 5.90. The van der Waals surface area contributed by atoms with Gasteiger partial charge in [0.1, 0.15) is 12.4 Å². The van der Waals surface area contributed by atoms with Crippen molar-refractivity contribution in [3.8, 4) is 28.0 Å². The summed E-state index contributed by atoms with van der Waals surface area (Å²) in [5.74, 6) is -0.195. The first-order valence-electron chi connectivity index (χ1n) is 13.3. The summed E-state index contributed by atoms with van der Waals surface area (Å²) >= 11 is 6.06. The second kappa shape index (κ2) is 10.6. The van der Waals surface area contributed by atoms with Crippen LogP contribution in [0.4, 0.5) is 0 Å². The Kier molecular flexibility index (Phi) is 6.84. The second-order valence-electron chi connectivity index (χ2n) is 10.2. The molecule has 1 aliphatic carbocycles. The first-order chi connectivity index (χ1) is 19.0. The number of aromatic carboxylic acids is 1. The van der Waals surface area contributed by atoms with E-state index in [4.69, 9.17) is 16.3 Å². The number of rotatable bonds is 7. The van der Waals surface area contributed by atoms with Gasteiger partial charge in [-0.25, -0.2) is 4.79 Å². The van der Waals surface area contributed by atoms with Crippen LogP contribution in [-0.4, -0.2) is 27.9 Å². The van der Waals surface area contributed by atoms with Gasteiger partial charge in [-0.2, -0.15) is 0 Å². The van der Waals surface area contributed by atoms with Crippen molar-refractivity contribution in [2.24, 2.45) is 0 Å². The van der Waals surface area contributed by atoms with Crippen LogP contribution in [0.5, 0.6) is 5.75 Å². The molecule has 1 heterocycles. The summed E-state index contributed by atoms with van der Waals surface area (Å²) < 4.78 is 6.43. The number of fused-ring (bicyclic) bond motifs is 1. The van der Waals surface area contributed by atoms with Crippen LogP contribution in [0, 0.1) is 0 Å². The molecule has 4 aromatic carbocycles. The third kappa shape index (κ3) is 5.02. The largest absolute Gasteiger partial charge is 0.488 e. The molecule has 2 aliphatic rings. The number of benzene rings is 4. The number of carbonyl (C=O) groups is 2. The molecular formula is C33H28ClNO4. The Morgan fingerprint density at radius 1 is 0.872 bits per heavy atom. The van der Waals surface area contributed by atoms with Crippen LogP contribution in [0.15, 0.2) is 84.9 Å². The van der Waals surface area contributed by atoms with E-state index in [1.807, 2.05) is 77.7 Å². The molecule has 0 radical (unpaired) electrons. The molecule has 1 aliphatic heterocycles. The molecule has 0 atom stereocenters. The molecule has 0 unspecified atom stereocenters. The Bertz CT molecular complexity index is 1560. The molecule has 0 aromatic heterocycles. The number of hydrogen-bond donors (Lipinski definition) is 1. The Labute approximate surface area is 232 Å². The standard InChI is InChI=1S/C33H28ClNO4/c34-30-14-13-24(16-29(30)33(37)38)23-10-6-7-21(15-23)20-39-31-17-25-19-35(26-11-4-5-12-26)32(36)28(25)18-27(31)22-8-2-1-3-9-22/h1-3,6-10,13-18,26H,4-5,11-12,19-20H2,(H,37,38). The number of ether oxygens (including phenoxy) is 1. The maximum atomic E-state index is 13.4. The van der Waals surface area contributed by atoms with Crippen LogP contribution >= 0.6 is 11.6 Å². The lowest BCUT2D eigenvalue weighted by Gasteiger charge is -2.23. The van der Waals surface area contributed by atoms with Crippen molar-refractivity contribution in [2.45, 2.75) is 44.9 Å². The van der Waals surface area contributed by atoms with E-state index in [1.165, 1.54) is 12.8 Å². The van der Waals surface area contributed by atoms with E-state index >= 15 is 0 Å². The number of halogens is 1. The lowest BCUT2D eigenvalue weighted by molar-refractivity contribution is 0.0691. The smallest absolute Gasteiger partial charge is 0.337 e. The Morgan fingerprint density at radius 3 is 2.38 bits per heavy atom. The van der Waals surface area contributed by atoms with Gasteiger partial charge in [0.25, 0.3) is 5.91 Å². The minimum absolute atomic E-state index is 0.0719. The third-order valence-electron chi connectivity index (χ3n) is 7.74. The minimum Gasteiger partial charge on any atom is -0.488 e. The molecule has 0 bridgehead atoms. The van der Waals surface area contributed by atoms with Gasteiger partial charge in [-0.15, -0.1) is 0 Å². The van der Waals surface area contributed by atoms with Crippen molar-refractivity contribution in [3.63, 3.8) is 0 Å². The SMILES string of the molecule is O=C(O)c1cc(-c2cccc(COc3cc4c(cc3-c3ccccc3)C(=O)N(C3CCCC3)C4)c2)ccc1Cl. The lowest BCUT2D eigenvalue weighted by atomic mass is 9.99. The monoisotopic (exact) mass is 537 g/mol. The van der Waals surface area contributed by atoms with Gasteiger partial charge in [-0.05, 0) is 71.0 Å². The van der Waals surface area contributed by atoms with Crippen molar-refractivity contribution in [3.05, 3.63) is 112 Å². The summed E-state index contributed by atoms with van der Waals surface area (Å²) in [6, 6.07) is 27.2. The molecule has 1 saturated carbocycles. The number of carboxylic acid groups (broad SMARTS) is 1. The average molecular weight is 538 g/mol. The molecular weight excluding hydrogens is 510 g/mol. The van der Waals surface area contributed by atoms with Gasteiger partial charge in [0, 0.05) is 23.7 Å². The van der Waals surface area contributed by atoms with Crippen molar-refractivity contribution < 1.29 is 19.4 Å². The van der Waals surface area contributed by atoms with Gasteiger partial charge in [0.2, 0.25) is 0 Å². The fourth-order valence-electron chi connectivity index (χ4n) is 5.71. The van der Waals surface area contributed by atoms with E-state index in [9.17, 15) is 14.7 Å². The predicted molar refractivity (Wildman–Crippen MR) is 152 cm³/mol. The highest BCUT2D eigenvalue weighted by Crippen LogP contribution is 2.39. The third-order valence-corrected chi connectivity index (χ3v) is 8.07. The fraction of sp³-hybridized carbons (Fsp3) is 0.212. The lowest BCUT2D eigenvalue weighted by Crippen LogP contribution is -2.33. The quantitative estimate of drug-likeness (QED) is 0.260. The Balaban J connectivity index is 1.30. The maximum Gasteiger partial charge on any atom is 0.337 e. The molecule has 0 saturated heterocycles. The van der Waals surface area contributed by atoms with E-state index in [0.717, 1.165) is 57.5 Å². The van der Waals surface area contributed by atoms with Crippen molar-refractivity contribution in [1.29, 1.82) is 0 Å². The molecule has 1 N–H and O–H groups in total. The van der Waals surface area contributed by atoms with Crippen molar-refractivity contribution in [1.82, 2.24) is 4.90 Å². The number of carboxylic acids is 1. The summed E-state index contributed by atoms with van der Waals surface area (Å²) in [6.07, 6.45) is 4.52. The molecule has 1 fully saturated rings. The normalized spacial score (nSPS) is 15.0. The van der Waals surface area contributed by atoms with Crippen molar-refractivity contribution in [2.75, 3.05) is 0 Å². The van der Waals surface area contributed by atoms with E-state index in [-0.39, 0.29) is 16.5 Å². The highest BCUT2D eigenvalue weighted by molar-refractivity contribution is 6.33. The summed E-state index contributed by atoms with van der Waals surface area (Å²) in [7, 11) is 0. The molecule has 6 heteroatoms. The first-order valence-corrected chi connectivity index (χ1v) is 13.6. The van der Waals surface area contributed by atoms with E-state index in [2.05, 4.69) is 0 Å². The maximum absolute atomic E-state index is 13.4. The Hall–Kier alpha value is -4.09. The van der Waals surface area contributed by atoms with Crippen LogP contribution in [-0.2, 0) is 13.2 Å². The molecule has 0 spiro atoms. The number of hydrogen-bond acceptors (Lipinski definition) is 3. The van der Waals surface area contributed by atoms with Crippen molar-refractivity contribution >= 4 is 23.5 Å². The van der Waals surface area contributed by atoms with Gasteiger partial charge in [0.05, 0.1) is 10.6 Å². The van der Waals surface area contributed by atoms with Gasteiger partial charge in [-0.3, -0.25) is 4.79 Å². The summed E-state index contributed by atoms with van der Waals surface area (Å²) in [6.45, 7) is 0.953. The van der Waals surface area contributed by atoms with Crippen LogP contribution in [0.3, 0.4) is 0 Å². The Morgan fingerprint density at radius 2 is 1.62 bits per heavy atom. The molecule has 5 nitrogen and oxygen atoms in total. The second-order valence-corrected chi connectivity index (χ2v) is 10.6. The molecule has 1 amide bonds. The van der Waals surface area contributed by atoms with Gasteiger partial charge < -0.3 is 14.7 Å². The van der Waals surface area contributed by atoms with Gasteiger partial charge in [-0.1, -0.05) is 79.0 Å². The van der Waals surface area contributed by atoms with Crippen LogP contribution < -0.4 is 4.74 Å². The van der Waals surface area contributed by atoms with Gasteiger partial charge in [0.15, 0.2) is 0 Å². The topological polar surface area (TPSA) is 66.8 Å². The van der Waals surface area contributed by atoms with E-state index in [1.54, 1.807) is 12.1 Å². The molecule has 196 valence electrons. The summed E-state index contributed by atoms with van der Waals surface area (Å²) in [5.41, 5.74) is 6.35. The molecule has 6 rings (SSSR count). The number of amides is 1. The van der Waals surface area contributed by atoms with E-state index < -0.39 is 5.97 Å². The highest BCUT2D eigenvalue weighted by atomic mass is 35.5. The molecule has 4 aromatic rings. The molecule has 39 heavy (non-hydrogen) atoms. The van der Waals surface area contributed by atoms with E-state index in [0.29, 0.717) is 19.2 Å². The van der Waals surface area contributed by atoms with Gasteiger partial charge >= 0.3 is 5.97 Å². The van der Waals surface area contributed by atoms with Crippen LogP contribution in [0.25, 0.3) is 22.3 Å². The zero-order valence-corrected chi connectivity index (χ0v) is 22.2. The minimum atomic E-state index is -1.06. The van der Waals surface area contributed by atoms with Crippen LogP contribution in [0.1, 0.15) is 57.5 Å². The first kappa shape index (κ1) is 25.2. The van der Waals surface area contributed by atoms with Crippen LogP contribution in [0.2, 0.25) is 5.02 Å². The summed E-state index contributed by atoms with van der Waals surface area (Å²) in [5, 5.41) is 9.66. The zero-order chi connectivity index (χ0) is 26.9. The average Bonchev–Trinajstić information content (AvgIpc) is 3.60. The highest BCUT2D eigenvalue weighted by Gasteiger charge is 2.35. The summed E-state index contributed by atoms with van der Waals surface area (Å²) in [4.78, 5) is 26.9. The zero-order valence-electron chi connectivity index (χ0n) is 21.4. The number of carbonyl (C=O) groups excluding carboxylic acids is 1. The number of nitrogens with zero attached hydrogens (tertiary/aromatic N) is 1.